The van der Waals surface area contributed by atoms with Gasteiger partial charge < -0.3 is 0 Å². The summed E-state index contributed by atoms with van der Waals surface area (Å²) in [5, 5.41) is 0. The van der Waals surface area contributed by atoms with Gasteiger partial charge in [0.15, 0.2) is 11.3 Å². The van der Waals surface area contributed by atoms with Crippen molar-refractivity contribution in [1.82, 2.24) is 0 Å². The Kier molecular flexibility index (Phi) is 3.07. The van der Waals surface area contributed by atoms with E-state index in [-0.39, 0.29) is 5.78 Å². The van der Waals surface area contributed by atoms with Crippen LogP contribution in [0.4, 0.5) is 0 Å². The van der Waals surface area contributed by atoms with Crippen LogP contribution in [-0.4, -0.2) is 29.5 Å². The van der Waals surface area contributed by atoms with Gasteiger partial charge in [0.1, 0.15) is 0 Å². The molecule has 0 amide bonds. The van der Waals surface area contributed by atoms with Gasteiger partial charge in [-0.2, -0.15) is 9.98 Å². The predicted octanol–water partition coefficient (Wildman–Crippen LogP) is 0.538. The third-order valence-corrected chi connectivity index (χ3v) is 2.58. The van der Waals surface area contributed by atoms with Crippen molar-refractivity contribution in [2.24, 2.45) is 9.98 Å². The summed E-state index contributed by atoms with van der Waals surface area (Å²) in [5.41, 5.74) is -1.21. The zero-order chi connectivity index (χ0) is 10.6. The van der Waals surface area contributed by atoms with Crippen molar-refractivity contribution < 1.29 is 14.4 Å². The number of isocyanates is 2. The van der Waals surface area contributed by atoms with E-state index < -0.39 is 11.6 Å². The molecule has 14 heavy (non-hydrogen) atoms. The average molecular weight is 194 g/mol. The summed E-state index contributed by atoms with van der Waals surface area (Å²) in [7, 11) is 0. The number of carbonyl (C=O) groups is 1. The normalized spacial score (nSPS) is 31.5. The molecule has 1 fully saturated rings. The molecule has 0 saturated heterocycles. The van der Waals surface area contributed by atoms with Crippen LogP contribution in [0, 0.1) is 0 Å². The molecule has 1 aliphatic carbocycles. The average Bonchev–Trinajstić information content (AvgIpc) is 2.14. The van der Waals surface area contributed by atoms with Crippen LogP contribution in [0.15, 0.2) is 9.98 Å². The molecule has 0 N–H and O–H groups in total. The maximum Gasteiger partial charge on any atom is 0.236 e. The van der Waals surface area contributed by atoms with Gasteiger partial charge in [-0.1, -0.05) is 0 Å². The van der Waals surface area contributed by atoms with Gasteiger partial charge in [-0.05, 0) is 19.8 Å². The largest absolute Gasteiger partial charge is 0.297 e. The Morgan fingerprint density at radius 2 is 2.14 bits per heavy atom. The molecular weight excluding hydrogens is 184 g/mol. The minimum Gasteiger partial charge on any atom is -0.297 e. The minimum atomic E-state index is -1.21. The molecule has 2 unspecified atom stereocenters. The minimum absolute atomic E-state index is 0.170. The molecule has 0 aromatic carbocycles. The molecule has 2 atom stereocenters. The van der Waals surface area contributed by atoms with Crippen molar-refractivity contribution in [3.05, 3.63) is 0 Å². The Morgan fingerprint density at radius 1 is 1.43 bits per heavy atom. The summed E-state index contributed by atoms with van der Waals surface area (Å²) in [6.07, 6.45) is 4.37. The van der Waals surface area contributed by atoms with Crippen molar-refractivity contribution in [2.45, 2.75) is 37.8 Å². The Hall–Kier alpha value is -1.57. The number of hydrogen-bond donors (Lipinski definition) is 0. The molecule has 0 spiro atoms. The fraction of sp³-hybridized carbons (Fsp3) is 0.667. The highest BCUT2D eigenvalue weighted by Crippen LogP contribution is 2.30. The molecule has 5 heteroatoms. The van der Waals surface area contributed by atoms with E-state index in [1.54, 1.807) is 0 Å². The van der Waals surface area contributed by atoms with Crippen molar-refractivity contribution in [1.29, 1.82) is 0 Å². The van der Waals surface area contributed by atoms with E-state index in [0.717, 1.165) is 0 Å². The number of Topliss-reactive ketones (excluding diaryl/α,β-unsaturated/α-hetero) is 1. The van der Waals surface area contributed by atoms with Crippen LogP contribution < -0.4 is 0 Å². The van der Waals surface area contributed by atoms with E-state index in [0.29, 0.717) is 19.3 Å². The Balaban J connectivity index is 3.08. The van der Waals surface area contributed by atoms with Gasteiger partial charge in [0, 0.05) is 6.42 Å². The first-order chi connectivity index (χ1) is 6.65. The fourth-order valence-electron chi connectivity index (χ4n) is 1.66. The van der Waals surface area contributed by atoms with Crippen LogP contribution in [0.5, 0.6) is 0 Å². The van der Waals surface area contributed by atoms with E-state index in [4.69, 9.17) is 0 Å². The predicted molar refractivity (Wildman–Crippen MR) is 47.3 cm³/mol. The number of ketones is 1. The molecular formula is C9H10N2O3. The second-order valence-electron chi connectivity index (χ2n) is 3.40. The maximum atomic E-state index is 11.5. The Labute approximate surface area is 80.9 Å². The molecule has 0 aromatic heterocycles. The van der Waals surface area contributed by atoms with Gasteiger partial charge >= 0.3 is 0 Å². The van der Waals surface area contributed by atoms with Gasteiger partial charge in [0.2, 0.25) is 12.2 Å². The summed E-state index contributed by atoms with van der Waals surface area (Å²) in [5.74, 6) is -0.170. The topological polar surface area (TPSA) is 75.9 Å². The van der Waals surface area contributed by atoms with E-state index in [2.05, 4.69) is 9.98 Å². The fourth-order valence-corrected chi connectivity index (χ4v) is 1.66. The van der Waals surface area contributed by atoms with Crippen LogP contribution in [0.25, 0.3) is 0 Å². The summed E-state index contributed by atoms with van der Waals surface area (Å²) in [4.78, 5) is 38.8. The van der Waals surface area contributed by atoms with Crippen LogP contribution in [0.1, 0.15) is 26.2 Å². The summed E-state index contributed by atoms with van der Waals surface area (Å²) < 4.78 is 0. The molecule has 5 nitrogen and oxygen atoms in total. The smallest absolute Gasteiger partial charge is 0.236 e. The molecule has 0 aliphatic heterocycles. The van der Waals surface area contributed by atoms with E-state index in [9.17, 15) is 14.4 Å². The van der Waals surface area contributed by atoms with E-state index in [1.165, 1.54) is 19.1 Å². The van der Waals surface area contributed by atoms with Gasteiger partial charge in [0.05, 0.1) is 6.04 Å². The van der Waals surface area contributed by atoms with Crippen LogP contribution in [0.3, 0.4) is 0 Å². The first kappa shape index (κ1) is 10.5. The van der Waals surface area contributed by atoms with Gasteiger partial charge in [-0.25, -0.2) is 9.59 Å². The standard InChI is InChI=1S/C9H10N2O3/c1-9(11-6-13)7(10-5-12)3-2-4-8(9)14/h7H,2-4H2,1H3. The highest BCUT2D eigenvalue weighted by molar-refractivity contribution is 5.90. The van der Waals surface area contributed by atoms with Crippen LogP contribution in [0.2, 0.25) is 0 Å². The highest BCUT2D eigenvalue weighted by atomic mass is 16.1. The SMILES string of the molecule is CC1(N=C=O)C(=O)CCCC1N=C=O. The van der Waals surface area contributed by atoms with Gasteiger partial charge in [-0.3, -0.25) is 4.79 Å². The van der Waals surface area contributed by atoms with Crippen molar-refractivity contribution >= 4 is 17.9 Å². The number of rotatable bonds is 2. The first-order valence-corrected chi connectivity index (χ1v) is 4.34. The van der Waals surface area contributed by atoms with Crippen molar-refractivity contribution in [3.8, 4) is 0 Å². The lowest BCUT2D eigenvalue weighted by atomic mass is 9.78. The second-order valence-corrected chi connectivity index (χ2v) is 3.40. The lowest BCUT2D eigenvalue weighted by molar-refractivity contribution is -0.125. The molecule has 1 saturated carbocycles. The summed E-state index contributed by atoms with van der Waals surface area (Å²) in [6, 6.07) is -0.567. The van der Waals surface area contributed by atoms with E-state index in [1.807, 2.05) is 0 Å². The van der Waals surface area contributed by atoms with Crippen molar-refractivity contribution in [2.75, 3.05) is 0 Å². The number of nitrogens with zero attached hydrogens (tertiary/aromatic N) is 2. The first-order valence-electron chi connectivity index (χ1n) is 4.34. The molecule has 74 valence electrons. The number of carbonyl (C=O) groups excluding carboxylic acids is 3. The summed E-state index contributed by atoms with van der Waals surface area (Å²) in [6.45, 7) is 1.50. The van der Waals surface area contributed by atoms with Gasteiger partial charge in [0.25, 0.3) is 0 Å². The second kappa shape index (κ2) is 4.09. The third kappa shape index (κ3) is 1.69. The molecule has 0 heterocycles. The number of aliphatic imine (C=N–C) groups is 2. The Bertz CT molecular complexity index is 340. The van der Waals surface area contributed by atoms with Crippen molar-refractivity contribution in [3.63, 3.8) is 0 Å². The zero-order valence-electron chi connectivity index (χ0n) is 7.82. The Morgan fingerprint density at radius 3 is 2.71 bits per heavy atom. The lowest BCUT2D eigenvalue weighted by Crippen LogP contribution is -2.47. The lowest BCUT2D eigenvalue weighted by Gasteiger charge is -2.31. The van der Waals surface area contributed by atoms with E-state index >= 15 is 0 Å². The highest BCUT2D eigenvalue weighted by Gasteiger charge is 2.44. The molecule has 1 rings (SSSR count). The zero-order valence-corrected chi connectivity index (χ0v) is 7.82. The quantitative estimate of drug-likeness (QED) is 0.475. The van der Waals surface area contributed by atoms with Crippen LogP contribution >= 0.6 is 0 Å². The summed E-state index contributed by atoms with van der Waals surface area (Å²) >= 11 is 0. The maximum absolute atomic E-state index is 11.5. The van der Waals surface area contributed by atoms with Gasteiger partial charge in [-0.15, -0.1) is 0 Å². The molecule has 0 bridgehead atoms. The third-order valence-electron chi connectivity index (χ3n) is 2.58. The number of hydrogen-bond acceptors (Lipinski definition) is 5. The monoisotopic (exact) mass is 194 g/mol. The van der Waals surface area contributed by atoms with Crippen LogP contribution in [-0.2, 0) is 14.4 Å². The molecule has 0 radical (unpaired) electrons. The molecule has 1 aliphatic rings. The molecule has 0 aromatic rings.